The Hall–Kier alpha value is -3.11. The van der Waals surface area contributed by atoms with Gasteiger partial charge in [-0.25, -0.2) is 4.98 Å². The number of fused-ring (bicyclic) bond motifs is 1. The molecular formula is C24H27N5O3S. The largest absolute Gasteiger partial charge is 0.381 e. The van der Waals surface area contributed by atoms with Crippen LogP contribution in [0.3, 0.4) is 0 Å². The number of nitrogens with one attached hydrogen (secondary N) is 3. The number of benzene rings is 2. The molecule has 8 nitrogen and oxygen atoms in total. The van der Waals surface area contributed by atoms with Crippen LogP contribution in [0, 0.1) is 6.92 Å². The highest BCUT2D eigenvalue weighted by molar-refractivity contribution is 7.13. The molecule has 4 rings (SSSR count). The number of aryl methyl sites for hydroxylation is 2. The summed E-state index contributed by atoms with van der Waals surface area (Å²) in [5.74, 6) is -0.780. The molecular weight excluding hydrogens is 438 g/mol. The summed E-state index contributed by atoms with van der Waals surface area (Å²) in [7, 11) is 0. The van der Waals surface area contributed by atoms with E-state index < -0.39 is 11.9 Å². The first-order valence-corrected chi connectivity index (χ1v) is 11.7. The number of nitrogens with zero attached hydrogens (tertiary/aromatic N) is 1. The standard InChI is InChI=1S/C24H27N5O3S/c1-14-23(33-13-27-14)17-5-3-16(4-6-17)20(25)11-22(31)28-29-24(32)18-7-2-15-8-9-21(26-12-30)19(15)10-18/h2-7,10,13,20-21,26,30H,8-9,11-12,25H2,1H3,(H,28,31)(H,29,32)/t20-,21+/m0/s1. The third-order valence-corrected chi connectivity index (χ3v) is 6.87. The van der Waals surface area contributed by atoms with E-state index in [-0.39, 0.29) is 25.1 Å². The van der Waals surface area contributed by atoms with E-state index in [4.69, 9.17) is 10.8 Å². The highest BCUT2D eigenvalue weighted by Crippen LogP contribution is 2.31. The van der Waals surface area contributed by atoms with Gasteiger partial charge < -0.3 is 10.8 Å². The first-order chi connectivity index (χ1) is 16.0. The van der Waals surface area contributed by atoms with Crippen LogP contribution < -0.4 is 21.9 Å². The molecule has 0 bridgehead atoms. The molecule has 3 aromatic rings. The van der Waals surface area contributed by atoms with Gasteiger partial charge in [0, 0.05) is 24.1 Å². The normalized spacial score (nSPS) is 15.7. The third-order valence-electron chi connectivity index (χ3n) is 5.89. The summed E-state index contributed by atoms with van der Waals surface area (Å²) in [5, 5.41) is 12.2. The van der Waals surface area contributed by atoms with Gasteiger partial charge in [-0.1, -0.05) is 30.3 Å². The number of aliphatic hydroxyl groups excluding tert-OH is 1. The van der Waals surface area contributed by atoms with Crippen LogP contribution in [0.4, 0.5) is 0 Å². The van der Waals surface area contributed by atoms with Crippen LogP contribution in [0.2, 0.25) is 0 Å². The van der Waals surface area contributed by atoms with E-state index in [0.717, 1.165) is 45.7 Å². The molecule has 0 fully saturated rings. The molecule has 172 valence electrons. The Kier molecular flexibility index (Phi) is 7.14. The SMILES string of the molecule is Cc1ncsc1-c1ccc([C@@H](N)CC(=O)NNC(=O)c2ccc3c(c2)[C@H](NCO)CC3)cc1. The number of aromatic nitrogens is 1. The van der Waals surface area contributed by atoms with Crippen molar-refractivity contribution in [2.24, 2.45) is 5.73 Å². The Bertz CT molecular complexity index is 1140. The first-order valence-electron chi connectivity index (χ1n) is 10.8. The number of amides is 2. The van der Waals surface area contributed by atoms with Gasteiger partial charge in [-0.15, -0.1) is 11.3 Å². The smallest absolute Gasteiger partial charge is 0.269 e. The van der Waals surface area contributed by atoms with Crippen molar-refractivity contribution < 1.29 is 14.7 Å². The number of hydrazine groups is 1. The second kappa shape index (κ2) is 10.2. The maximum Gasteiger partial charge on any atom is 0.269 e. The summed E-state index contributed by atoms with van der Waals surface area (Å²) in [6.45, 7) is 1.85. The number of nitrogens with two attached hydrogens (primary N) is 1. The lowest BCUT2D eigenvalue weighted by Gasteiger charge is -2.15. The Balaban J connectivity index is 1.31. The molecule has 0 radical (unpaired) electrons. The predicted octanol–water partition coefficient (Wildman–Crippen LogP) is 2.50. The Labute approximate surface area is 196 Å². The van der Waals surface area contributed by atoms with E-state index >= 15 is 0 Å². The molecule has 0 unspecified atom stereocenters. The van der Waals surface area contributed by atoms with Gasteiger partial charge in [0.25, 0.3) is 5.91 Å². The lowest BCUT2D eigenvalue weighted by Crippen LogP contribution is -2.42. The van der Waals surface area contributed by atoms with Crippen LogP contribution in [0.5, 0.6) is 0 Å². The molecule has 1 aliphatic rings. The molecule has 2 amide bonds. The molecule has 1 aromatic heterocycles. The van der Waals surface area contributed by atoms with Gasteiger partial charge in [-0.05, 0) is 54.2 Å². The molecule has 9 heteroatoms. The third kappa shape index (κ3) is 5.28. The Morgan fingerprint density at radius 3 is 2.70 bits per heavy atom. The summed E-state index contributed by atoms with van der Waals surface area (Å²) in [5.41, 5.74) is 18.4. The number of carbonyl (C=O) groups excluding carboxylic acids is 2. The van der Waals surface area contributed by atoms with E-state index in [1.165, 1.54) is 0 Å². The lowest BCUT2D eigenvalue weighted by molar-refractivity contribution is -0.122. The van der Waals surface area contributed by atoms with Crippen LogP contribution in [0.1, 0.15) is 57.7 Å². The zero-order valence-electron chi connectivity index (χ0n) is 18.3. The highest BCUT2D eigenvalue weighted by Gasteiger charge is 2.23. The van der Waals surface area contributed by atoms with Gasteiger partial charge in [-0.3, -0.25) is 25.8 Å². The molecule has 2 atom stereocenters. The molecule has 1 heterocycles. The minimum Gasteiger partial charge on any atom is -0.381 e. The molecule has 0 saturated heterocycles. The average molecular weight is 466 g/mol. The monoisotopic (exact) mass is 465 g/mol. The molecule has 2 aromatic carbocycles. The van der Waals surface area contributed by atoms with Crippen LogP contribution in [-0.4, -0.2) is 28.6 Å². The summed E-state index contributed by atoms with van der Waals surface area (Å²) in [4.78, 5) is 30.2. The topological polar surface area (TPSA) is 129 Å². The summed E-state index contributed by atoms with van der Waals surface area (Å²) in [6, 6.07) is 12.7. The number of aliphatic hydroxyl groups is 1. The van der Waals surface area contributed by atoms with Gasteiger partial charge in [0.15, 0.2) is 0 Å². The fraction of sp³-hybridized carbons (Fsp3) is 0.292. The molecule has 0 saturated carbocycles. The molecule has 6 N–H and O–H groups in total. The van der Waals surface area contributed by atoms with Crippen LogP contribution in [-0.2, 0) is 11.2 Å². The quantitative estimate of drug-likeness (QED) is 0.269. The van der Waals surface area contributed by atoms with Crippen molar-refractivity contribution in [2.45, 2.75) is 38.3 Å². The number of thiazole rings is 1. The van der Waals surface area contributed by atoms with Crippen molar-refractivity contribution in [3.8, 4) is 10.4 Å². The lowest BCUT2D eigenvalue weighted by atomic mass is 10.0. The van der Waals surface area contributed by atoms with Gasteiger partial charge in [0.1, 0.15) is 0 Å². The van der Waals surface area contributed by atoms with Crippen molar-refractivity contribution in [2.75, 3.05) is 6.73 Å². The Morgan fingerprint density at radius 1 is 1.21 bits per heavy atom. The van der Waals surface area contributed by atoms with E-state index in [1.807, 2.05) is 42.8 Å². The second-order valence-electron chi connectivity index (χ2n) is 8.07. The highest BCUT2D eigenvalue weighted by atomic mass is 32.1. The number of hydrogen-bond donors (Lipinski definition) is 5. The summed E-state index contributed by atoms with van der Waals surface area (Å²) >= 11 is 1.58. The molecule has 0 aliphatic heterocycles. The minimum atomic E-state index is -0.496. The number of hydrogen-bond acceptors (Lipinski definition) is 7. The zero-order chi connectivity index (χ0) is 23.4. The van der Waals surface area contributed by atoms with E-state index in [9.17, 15) is 9.59 Å². The van der Waals surface area contributed by atoms with Gasteiger partial charge in [0.05, 0.1) is 22.8 Å². The van der Waals surface area contributed by atoms with Crippen LogP contribution >= 0.6 is 11.3 Å². The van der Waals surface area contributed by atoms with Crippen LogP contribution in [0.25, 0.3) is 10.4 Å². The van der Waals surface area contributed by atoms with Crippen LogP contribution in [0.15, 0.2) is 48.0 Å². The molecule has 1 aliphatic carbocycles. The maximum atomic E-state index is 12.5. The van der Waals surface area contributed by atoms with Crippen molar-refractivity contribution in [1.29, 1.82) is 0 Å². The summed E-state index contributed by atoms with van der Waals surface area (Å²) in [6.07, 6.45) is 1.81. The first kappa shape index (κ1) is 23.1. The number of carbonyl (C=O) groups is 2. The van der Waals surface area contributed by atoms with E-state index in [2.05, 4.69) is 21.2 Å². The molecule has 33 heavy (non-hydrogen) atoms. The minimum absolute atomic E-state index is 0.0247. The summed E-state index contributed by atoms with van der Waals surface area (Å²) < 4.78 is 0. The maximum absolute atomic E-state index is 12.5. The van der Waals surface area contributed by atoms with Crippen molar-refractivity contribution >= 4 is 23.2 Å². The van der Waals surface area contributed by atoms with Crippen molar-refractivity contribution in [3.05, 3.63) is 75.9 Å². The average Bonchev–Trinajstić information content (AvgIpc) is 3.43. The fourth-order valence-electron chi connectivity index (χ4n) is 4.09. The van der Waals surface area contributed by atoms with Gasteiger partial charge in [0.2, 0.25) is 5.91 Å². The van der Waals surface area contributed by atoms with Gasteiger partial charge in [-0.2, -0.15) is 0 Å². The van der Waals surface area contributed by atoms with Crippen molar-refractivity contribution in [1.82, 2.24) is 21.2 Å². The Morgan fingerprint density at radius 2 is 2.00 bits per heavy atom. The van der Waals surface area contributed by atoms with Crippen molar-refractivity contribution in [3.63, 3.8) is 0 Å². The molecule has 0 spiro atoms. The second-order valence-corrected chi connectivity index (χ2v) is 8.92. The predicted molar refractivity (Wildman–Crippen MR) is 127 cm³/mol. The van der Waals surface area contributed by atoms with E-state index in [0.29, 0.717) is 5.56 Å². The fourth-order valence-corrected chi connectivity index (χ4v) is 4.91. The van der Waals surface area contributed by atoms with Gasteiger partial charge >= 0.3 is 0 Å². The van der Waals surface area contributed by atoms with E-state index in [1.54, 1.807) is 23.5 Å². The number of rotatable bonds is 7. The zero-order valence-corrected chi connectivity index (χ0v) is 19.1.